The van der Waals surface area contributed by atoms with Crippen molar-refractivity contribution in [3.05, 3.63) is 95.6 Å². The summed E-state index contributed by atoms with van der Waals surface area (Å²) in [7, 11) is 0. The Morgan fingerprint density at radius 2 is 1.69 bits per heavy atom. The number of benzene rings is 3. The molecule has 0 radical (unpaired) electrons. The maximum atomic E-state index is 13.2. The zero-order chi connectivity index (χ0) is 24.8. The van der Waals surface area contributed by atoms with Crippen LogP contribution in [0.3, 0.4) is 0 Å². The molecule has 1 fully saturated rings. The van der Waals surface area contributed by atoms with Crippen molar-refractivity contribution in [2.75, 3.05) is 18.0 Å². The Hall–Kier alpha value is -3.62. The van der Waals surface area contributed by atoms with E-state index in [0.29, 0.717) is 11.1 Å². The van der Waals surface area contributed by atoms with Gasteiger partial charge in [-0.25, -0.2) is 4.79 Å². The molecule has 0 atom stereocenters. The van der Waals surface area contributed by atoms with Gasteiger partial charge in [-0.15, -0.1) is 0 Å². The van der Waals surface area contributed by atoms with Gasteiger partial charge in [0.05, 0.1) is 22.9 Å². The minimum absolute atomic E-state index is 0.194. The molecule has 5 nitrogen and oxygen atoms in total. The van der Waals surface area contributed by atoms with Gasteiger partial charge in [-0.05, 0) is 69.5 Å². The van der Waals surface area contributed by atoms with E-state index >= 15 is 0 Å². The molecule has 0 aromatic heterocycles. The zero-order valence-electron chi connectivity index (χ0n) is 20.8. The number of piperidine rings is 1. The van der Waals surface area contributed by atoms with Crippen LogP contribution in [0.1, 0.15) is 55.1 Å². The van der Waals surface area contributed by atoms with Gasteiger partial charge >= 0.3 is 5.97 Å². The first-order valence-corrected chi connectivity index (χ1v) is 12.2. The van der Waals surface area contributed by atoms with E-state index in [9.17, 15) is 10.1 Å². The zero-order valence-corrected chi connectivity index (χ0v) is 20.8. The third-order valence-corrected chi connectivity index (χ3v) is 6.21. The largest absolute Gasteiger partial charge is 0.456 e. The number of rotatable bonds is 6. The lowest BCUT2D eigenvalue weighted by atomic mass is 9.98. The van der Waals surface area contributed by atoms with Crippen molar-refractivity contribution in [1.82, 2.24) is 4.90 Å². The number of carbonyl (C=O) groups is 1. The molecule has 0 amide bonds. The Morgan fingerprint density at radius 3 is 2.37 bits per heavy atom. The predicted molar refractivity (Wildman–Crippen MR) is 140 cm³/mol. The number of anilines is 2. The molecule has 0 unspecified atom stereocenters. The van der Waals surface area contributed by atoms with Crippen molar-refractivity contribution < 1.29 is 9.53 Å². The number of ether oxygens (including phenoxy) is 1. The Morgan fingerprint density at radius 1 is 1.00 bits per heavy atom. The molecule has 35 heavy (non-hydrogen) atoms. The van der Waals surface area contributed by atoms with Gasteiger partial charge in [0.2, 0.25) is 0 Å². The van der Waals surface area contributed by atoms with Crippen LogP contribution in [0, 0.1) is 11.3 Å². The Labute approximate surface area is 208 Å². The second-order valence-electron chi connectivity index (χ2n) is 10.0. The SMILES string of the molecule is CC(C)(C)OC(=O)c1ccccc1N(c1cccc(C#N)c1)C1CCN(Cc2ccccc2)CC1. The van der Waals surface area contributed by atoms with Gasteiger partial charge in [0.25, 0.3) is 0 Å². The monoisotopic (exact) mass is 467 g/mol. The van der Waals surface area contributed by atoms with Gasteiger partial charge in [0.15, 0.2) is 0 Å². The first kappa shape index (κ1) is 24.5. The molecule has 0 spiro atoms. The summed E-state index contributed by atoms with van der Waals surface area (Å²) in [6.45, 7) is 8.50. The van der Waals surface area contributed by atoms with Crippen molar-refractivity contribution in [2.24, 2.45) is 0 Å². The number of nitrogens with zero attached hydrogens (tertiary/aromatic N) is 3. The van der Waals surface area contributed by atoms with E-state index in [1.54, 1.807) is 0 Å². The number of hydrogen-bond acceptors (Lipinski definition) is 5. The topological polar surface area (TPSA) is 56.6 Å². The molecule has 3 aromatic rings. The highest BCUT2D eigenvalue weighted by Gasteiger charge is 2.30. The van der Waals surface area contributed by atoms with Crippen molar-refractivity contribution >= 4 is 17.3 Å². The van der Waals surface area contributed by atoms with Crippen LogP contribution >= 0.6 is 0 Å². The van der Waals surface area contributed by atoms with E-state index in [-0.39, 0.29) is 12.0 Å². The molecule has 5 heteroatoms. The third-order valence-electron chi connectivity index (χ3n) is 6.21. The standard InChI is InChI=1S/C30H33N3O2/c1-30(2,3)35-29(34)27-14-7-8-15-28(27)33(26-13-9-12-24(20-26)21-31)25-16-18-32(19-17-25)22-23-10-5-4-6-11-23/h4-15,20,25H,16-19,22H2,1-3H3. The molecule has 0 saturated carbocycles. The highest BCUT2D eigenvalue weighted by molar-refractivity contribution is 5.97. The summed E-state index contributed by atoms with van der Waals surface area (Å²) in [5.74, 6) is -0.337. The molecular formula is C30H33N3O2. The van der Waals surface area contributed by atoms with Crippen LogP contribution in [0.4, 0.5) is 11.4 Å². The molecule has 3 aromatic carbocycles. The molecule has 1 saturated heterocycles. The maximum Gasteiger partial charge on any atom is 0.340 e. The number of para-hydroxylation sites is 1. The van der Waals surface area contributed by atoms with Crippen molar-refractivity contribution in [3.63, 3.8) is 0 Å². The summed E-state index contributed by atoms with van der Waals surface area (Å²) in [6.07, 6.45) is 1.90. The van der Waals surface area contributed by atoms with E-state index in [1.807, 2.05) is 75.4 Å². The highest BCUT2D eigenvalue weighted by Crippen LogP contribution is 2.35. The number of hydrogen-bond donors (Lipinski definition) is 0. The van der Waals surface area contributed by atoms with E-state index in [0.717, 1.165) is 43.9 Å². The van der Waals surface area contributed by atoms with Gasteiger partial charge < -0.3 is 9.64 Å². The van der Waals surface area contributed by atoms with E-state index in [2.05, 4.69) is 40.1 Å². The minimum Gasteiger partial charge on any atom is -0.456 e. The van der Waals surface area contributed by atoms with E-state index < -0.39 is 5.60 Å². The van der Waals surface area contributed by atoms with Crippen LogP contribution in [0.15, 0.2) is 78.9 Å². The van der Waals surface area contributed by atoms with E-state index in [4.69, 9.17) is 4.74 Å². The number of carbonyl (C=O) groups excluding carboxylic acids is 1. The molecule has 0 N–H and O–H groups in total. The minimum atomic E-state index is -0.585. The second kappa shape index (κ2) is 10.8. The van der Waals surface area contributed by atoms with Gasteiger partial charge in [-0.3, -0.25) is 4.90 Å². The summed E-state index contributed by atoms with van der Waals surface area (Å²) >= 11 is 0. The Kier molecular flexibility index (Phi) is 7.53. The van der Waals surface area contributed by atoms with Crippen molar-refractivity contribution in [3.8, 4) is 6.07 Å². The molecule has 1 heterocycles. The molecule has 180 valence electrons. The van der Waals surface area contributed by atoms with Crippen molar-refractivity contribution in [2.45, 2.75) is 51.8 Å². The molecule has 1 aliphatic rings. The number of nitriles is 1. The average molecular weight is 468 g/mol. The lowest BCUT2D eigenvalue weighted by Gasteiger charge is -2.40. The van der Waals surface area contributed by atoms with Crippen LogP contribution in [-0.4, -0.2) is 35.6 Å². The molecule has 0 aliphatic carbocycles. The van der Waals surface area contributed by atoms with Gasteiger partial charge in [-0.2, -0.15) is 5.26 Å². The third kappa shape index (κ3) is 6.29. The smallest absolute Gasteiger partial charge is 0.340 e. The highest BCUT2D eigenvalue weighted by atomic mass is 16.6. The maximum absolute atomic E-state index is 13.2. The Bertz CT molecular complexity index is 1190. The quantitative estimate of drug-likeness (QED) is 0.397. The second-order valence-corrected chi connectivity index (χ2v) is 10.0. The normalized spacial score (nSPS) is 14.8. The summed E-state index contributed by atoms with van der Waals surface area (Å²) in [5, 5.41) is 9.52. The van der Waals surface area contributed by atoms with Crippen LogP contribution in [-0.2, 0) is 11.3 Å². The molecule has 0 bridgehead atoms. The fourth-order valence-electron chi connectivity index (χ4n) is 4.64. The first-order chi connectivity index (χ1) is 16.8. The van der Waals surface area contributed by atoms with Gasteiger partial charge in [0, 0.05) is 31.4 Å². The summed E-state index contributed by atoms with van der Waals surface area (Å²) in [5.41, 5.74) is 3.61. The van der Waals surface area contributed by atoms with E-state index in [1.165, 1.54) is 5.56 Å². The lowest BCUT2D eigenvalue weighted by molar-refractivity contribution is 0.00703. The van der Waals surface area contributed by atoms with Crippen LogP contribution in [0.2, 0.25) is 0 Å². The summed E-state index contributed by atoms with van der Waals surface area (Å²) in [4.78, 5) is 17.9. The van der Waals surface area contributed by atoms with Gasteiger partial charge in [-0.1, -0.05) is 48.5 Å². The molecule has 1 aliphatic heterocycles. The van der Waals surface area contributed by atoms with Crippen LogP contribution in [0.25, 0.3) is 0 Å². The fourth-order valence-corrected chi connectivity index (χ4v) is 4.64. The number of likely N-dealkylation sites (tertiary alicyclic amines) is 1. The lowest BCUT2D eigenvalue weighted by Crippen LogP contribution is -2.43. The average Bonchev–Trinajstić information content (AvgIpc) is 2.85. The first-order valence-electron chi connectivity index (χ1n) is 12.2. The summed E-state index contributed by atoms with van der Waals surface area (Å²) in [6, 6.07) is 28.3. The summed E-state index contributed by atoms with van der Waals surface area (Å²) < 4.78 is 5.74. The van der Waals surface area contributed by atoms with Gasteiger partial charge in [0.1, 0.15) is 5.60 Å². The molecular weight excluding hydrogens is 434 g/mol. The van der Waals surface area contributed by atoms with Crippen LogP contribution in [0.5, 0.6) is 0 Å². The number of esters is 1. The van der Waals surface area contributed by atoms with Crippen molar-refractivity contribution in [1.29, 1.82) is 5.26 Å². The molecule has 4 rings (SSSR count). The predicted octanol–water partition coefficient (Wildman–Crippen LogP) is 6.32. The Balaban J connectivity index is 1.64. The van der Waals surface area contributed by atoms with Crippen LogP contribution < -0.4 is 4.90 Å². The fraction of sp³-hybridized carbons (Fsp3) is 0.333.